The summed E-state index contributed by atoms with van der Waals surface area (Å²) in [6.07, 6.45) is 5.28. The third-order valence-corrected chi connectivity index (χ3v) is 4.28. The second-order valence-corrected chi connectivity index (χ2v) is 6.62. The fourth-order valence-corrected chi connectivity index (χ4v) is 3.20. The molecule has 1 N–H and O–H groups in total. The van der Waals surface area contributed by atoms with Gasteiger partial charge in [-0.3, -0.25) is 0 Å². The maximum Gasteiger partial charge on any atom is 0.119 e. The van der Waals surface area contributed by atoms with Crippen LogP contribution in [0, 0.1) is 5.41 Å². The SMILES string of the molecule is COc1cccc([C@H](C)NC2CCCC(C)(C)C2)c1. The summed E-state index contributed by atoms with van der Waals surface area (Å²) in [4.78, 5) is 0. The fourth-order valence-electron chi connectivity index (χ4n) is 3.20. The van der Waals surface area contributed by atoms with E-state index in [-0.39, 0.29) is 0 Å². The lowest BCUT2D eigenvalue weighted by atomic mass is 9.75. The highest BCUT2D eigenvalue weighted by molar-refractivity contribution is 5.30. The van der Waals surface area contributed by atoms with Crippen molar-refractivity contribution in [3.63, 3.8) is 0 Å². The van der Waals surface area contributed by atoms with Crippen molar-refractivity contribution in [3.8, 4) is 5.75 Å². The Morgan fingerprint density at radius 1 is 1.37 bits per heavy atom. The molecule has 0 heterocycles. The minimum atomic E-state index is 0.383. The van der Waals surface area contributed by atoms with Crippen LogP contribution < -0.4 is 10.1 Å². The maximum absolute atomic E-state index is 5.30. The topological polar surface area (TPSA) is 21.3 Å². The molecule has 2 atom stereocenters. The van der Waals surface area contributed by atoms with Gasteiger partial charge in [0.1, 0.15) is 5.75 Å². The second-order valence-electron chi connectivity index (χ2n) is 6.62. The minimum absolute atomic E-state index is 0.383. The summed E-state index contributed by atoms with van der Waals surface area (Å²) >= 11 is 0. The van der Waals surface area contributed by atoms with Gasteiger partial charge in [-0.25, -0.2) is 0 Å². The van der Waals surface area contributed by atoms with Gasteiger partial charge in [-0.05, 0) is 49.3 Å². The van der Waals surface area contributed by atoms with Crippen LogP contribution in [-0.4, -0.2) is 13.2 Å². The number of ether oxygens (including phenoxy) is 1. The lowest BCUT2D eigenvalue weighted by Gasteiger charge is -2.37. The van der Waals surface area contributed by atoms with Crippen molar-refractivity contribution in [1.29, 1.82) is 0 Å². The lowest BCUT2D eigenvalue weighted by molar-refractivity contribution is 0.191. The molecule has 106 valence electrons. The molecule has 0 amide bonds. The summed E-state index contributed by atoms with van der Waals surface area (Å²) in [5.41, 5.74) is 1.80. The highest BCUT2D eigenvalue weighted by atomic mass is 16.5. The van der Waals surface area contributed by atoms with Crippen LogP contribution in [0.25, 0.3) is 0 Å². The van der Waals surface area contributed by atoms with E-state index in [2.05, 4.69) is 44.3 Å². The third kappa shape index (κ3) is 3.97. The standard InChI is InChI=1S/C17H27NO/c1-13(14-7-5-9-16(11-14)19-4)18-15-8-6-10-17(2,3)12-15/h5,7,9,11,13,15,18H,6,8,10,12H2,1-4H3/t13-,15?/m0/s1. The quantitative estimate of drug-likeness (QED) is 0.871. The van der Waals surface area contributed by atoms with E-state index in [1.165, 1.54) is 31.2 Å². The molecule has 1 aromatic rings. The molecule has 0 radical (unpaired) electrons. The molecule has 19 heavy (non-hydrogen) atoms. The van der Waals surface area contributed by atoms with E-state index in [0.29, 0.717) is 17.5 Å². The van der Waals surface area contributed by atoms with Crippen LogP contribution in [0.4, 0.5) is 0 Å². The smallest absolute Gasteiger partial charge is 0.119 e. The molecule has 0 saturated heterocycles. The zero-order valence-corrected chi connectivity index (χ0v) is 12.7. The van der Waals surface area contributed by atoms with Gasteiger partial charge in [-0.2, -0.15) is 0 Å². The molecule has 1 aliphatic rings. The second kappa shape index (κ2) is 5.96. The van der Waals surface area contributed by atoms with E-state index in [4.69, 9.17) is 4.74 Å². The van der Waals surface area contributed by atoms with Crippen molar-refractivity contribution in [2.75, 3.05) is 7.11 Å². The van der Waals surface area contributed by atoms with Gasteiger partial charge in [-0.15, -0.1) is 0 Å². The van der Waals surface area contributed by atoms with Crippen molar-refractivity contribution in [1.82, 2.24) is 5.32 Å². The van der Waals surface area contributed by atoms with Gasteiger partial charge in [0.25, 0.3) is 0 Å². The average Bonchev–Trinajstić information content (AvgIpc) is 2.37. The molecule has 1 aromatic carbocycles. The van der Waals surface area contributed by atoms with Crippen LogP contribution in [0.5, 0.6) is 5.75 Å². The van der Waals surface area contributed by atoms with Crippen molar-refractivity contribution in [2.24, 2.45) is 5.41 Å². The summed E-state index contributed by atoms with van der Waals surface area (Å²) in [5.74, 6) is 0.940. The van der Waals surface area contributed by atoms with E-state index in [1.54, 1.807) is 7.11 Å². The molecule has 0 spiro atoms. The van der Waals surface area contributed by atoms with Gasteiger partial charge in [0.05, 0.1) is 7.11 Å². The Bertz CT molecular complexity index is 413. The summed E-state index contributed by atoms with van der Waals surface area (Å²) in [7, 11) is 1.72. The molecule has 2 heteroatoms. The van der Waals surface area contributed by atoms with E-state index < -0.39 is 0 Å². The maximum atomic E-state index is 5.30. The van der Waals surface area contributed by atoms with E-state index in [1.807, 2.05) is 6.07 Å². The first kappa shape index (κ1) is 14.4. The molecule has 2 nitrogen and oxygen atoms in total. The number of nitrogens with one attached hydrogen (secondary N) is 1. The Labute approximate surface area is 117 Å². The van der Waals surface area contributed by atoms with Crippen LogP contribution >= 0.6 is 0 Å². The molecule has 1 unspecified atom stereocenters. The van der Waals surface area contributed by atoms with E-state index in [9.17, 15) is 0 Å². The lowest BCUT2D eigenvalue weighted by Crippen LogP contribution is -2.38. The predicted octanol–water partition coefficient (Wildman–Crippen LogP) is 4.31. The molecule has 2 rings (SSSR count). The van der Waals surface area contributed by atoms with Crippen molar-refractivity contribution in [3.05, 3.63) is 29.8 Å². The van der Waals surface area contributed by atoms with Crippen LogP contribution in [0.1, 0.15) is 58.1 Å². The summed E-state index contributed by atoms with van der Waals surface area (Å²) in [6, 6.07) is 9.40. The zero-order chi connectivity index (χ0) is 13.9. The van der Waals surface area contributed by atoms with Gasteiger partial charge >= 0.3 is 0 Å². The first-order valence-corrected chi connectivity index (χ1v) is 7.40. The normalized spacial score (nSPS) is 23.9. The third-order valence-electron chi connectivity index (χ3n) is 4.28. The highest BCUT2D eigenvalue weighted by Crippen LogP contribution is 2.36. The largest absolute Gasteiger partial charge is 0.497 e. The van der Waals surface area contributed by atoms with Gasteiger partial charge in [-0.1, -0.05) is 32.4 Å². The molecule has 0 aliphatic heterocycles. The van der Waals surface area contributed by atoms with Gasteiger partial charge in [0.2, 0.25) is 0 Å². The molecule has 1 aliphatic carbocycles. The molecular formula is C17H27NO. The summed E-state index contributed by atoms with van der Waals surface area (Å²) in [5, 5.41) is 3.79. The molecule has 1 fully saturated rings. The number of hydrogen-bond donors (Lipinski definition) is 1. The number of hydrogen-bond acceptors (Lipinski definition) is 2. The van der Waals surface area contributed by atoms with Crippen molar-refractivity contribution < 1.29 is 4.74 Å². The first-order valence-electron chi connectivity index (χ1n) is 7.40. The highest BCUT2D eigenvalue weighted by Gasteiger charge is 2.28. The first-order chi connectivity index (χ1) is 9.00. The summed E-state index contributed by atoms with van der Waals surface area (Å²) in [6.45, 7) is 7.02. The zero-order valence-electron chi connectivity index (χ0n) is 12.7. The van der Waals surface area contributed by atoms with Crippen LogP contribution in [0.3, 0.4) is 0 Å². The predicted molar refractivity (Wildman–Crippen MR) is 80.6 cm³/mol. The van der Waals surface area contributed by atoms with Gasteiger partial charge in [0, 0.05) is 12.1 Å². The molecular weight excluding hydrogens is 234 g/mol. The van der Waals surface area contributed by atoms with E-state index >= 15 is 0 Å². The number of rotatable bonds is 4. The van der Waals surface area contributed by atoms with Crippen LogP contribution in [-0.2, 0) is 0 Å². The minimum Gasteiger partial charge on any atom is -0.497 e. The summed E-state index contributed by atoms with van der Waals surface area (Å²) < 4.78 is 5.30. The van der Waals surface area contributed by atoms with Crippen LogP contribution in [0.2, 0.25) is 0 Å². The Morgan fingerprint density at radius 3 is 2.84 bits per heavy atom. The Balaban J connectivity index is 1.98. The Morgan fingerprint density at radius 2 is 2.16 bits per heavy atom. The number of methoxy groups -OCH3 is 1. The van der Waals surface area contributed by atoms with Gasteiger partial charge in [0.15, 0.2) is 0 Å². The van der Waals surface area contributed by atoms with Crippen LogP contribution in [0.15, 0.2) is 24.3 Å². The van der Waals surface area contributed by atoms with Crippen molar-refractivity contribution >= 4 is 0 Å². The fraction of sp³-hybridized carbons (Fsp3) is 0.647. The molecule has 0 aromatic heterocycles. The van der Waals surface area contributed by atoms with Crippen molar-refractivity contribution in [2.45, 2.75) is 58.5 Å². The average molecular weight is 261 g/mol. The Hall–Kier alpha value is -1.02. The van der Waals surface area contributed by atoms with E-state index in [0.717, 1.165) is 5.75 Å². The molecule has 0 bridgehead atoms. The Kier molecular flexibility index (Phi) is 4.51. The monoisotopic (exact) mass is 261 g/mol. The molecule has 1 saturated carbocycles. The van der Waals surface area contributed by atoms with Gasteiger partial charge < -0.3 is 10.1 Å². The number of benzene rings is 1.